The molecule has 174 valence electrons. The third-order valence-corrected chi connectivity index (χ3v) is 6.69. The number of benzene rings is 4. The van der Waals surface area contributed by atoms with Crippen molar-refractivity contribution in [2.45, 2.75) is 26.3 Å². The number of hydrogen-bond acceptors (Lipinski definition) is 3. The van der Waals surface area contributed by atoms with Gasteiger partial charge < -0.3 is 4.90 Å². The van der Waals surface area contributed by atoms with Crippen molar-refractivity contribution in [3.63, 3.8) is 0 Å². The third-order valence-electron chi connectivity index (χ3n) is 6.69. The van der Waals surface area contributed by atoms with E-state index < -0.39 is 6.04 Å². The van der Waals surface area contributed by atoms with Crippen LogP contribution in [0.15, 0.2) is 95.8 Å². The largest absolute Gasteiger partial charge is 0.332 e. The van der Waals surface area contributed by atoms with Crippen LogP contribution < -0.4 is 5.56 Å². The average molecular weight is 462 g/mol. The van der Waals surface area contributed by atoms with Crippen molar-refractivity contribution < 1.29 is 4.79 Å². The average Bonchev–Trinajstić information content (AvgIpc) is 2.91. The fourth-order valence-electron chi connectivity index (χ4n) is 4.57. The molecule has 1 aromatic heterocycles. The number of hydrogen-bond donors (Lipinski definition) is 0. The van der Waals surface area contributed by atoms with Crippen molar-refractivity contribution in [1.29, 1.82) is 0 Å². The van der Waals surface area contributed by atoms with Gasteiger partial charge in [-0.3, -0.25) is 14.2 Å². The highest BCUT2D eigenvalue weighted by Gasteiger charge is 2.25. The van der Waals surface area contributed by atoms with Crippen molar-refractivity contribution >= 4 is 27.6 Å². The molecule has 1 heterocycles. The van der Waals surface area contributed by atoms with Gasteiger partial charge in [0.1, 0.15) is 5.82 Å². The summed E-state index contributed by atoms with van der Waals surface area (Å²) in [7, 11) is 1.76. The molecule has 4 aromatic carbocycles. The first-order chi connectivity index (χ1) is 17.0. The second-order valence-corrected chi connectivity index (χ2v) is 8.76. The van der Waals surface area contributed by atoms with E-state index in [2.05, 4.69) is 6.92 Å². The Morgan fingerprint density at radius 1 is 0.914 bits per heavy atom. The van der Waals surface area contributed by atoms with Gasteiger partial charge in [-0.25, -0.2) is 4.98 Å². The first-order valence-electron chi connectivity index (χ1n) is 11.9. The summed E-state index contributed by atoms with van der Waals surface area (Å²) in [6.45, 7) is 3.98. The quantitative estimate of drug-likeness (QED) is 0.326. The highest BCUT2D eigenvalue weighted by molar-refractivity contribution is 5.98. The zero-order valence-electron chi connectivity index (χ0n) is 20.1. The number of para-hydroxylation sites is 2. The van der Waals surface area contributed by atoms with Gasteiger partial charge in [-0.05, 0) is 60.0 Å². The summed E-state index contributed by atoms with van der Waals surface area (Å²) >= 11 is 0. The normalized spacial score (nSPS) is 12.1. The number of rotatable bonds is 5. The van der Waals surface area contributed by atoms with Crippen LogP contribution in [0.3, 0.4) is 0 Å². The lowest BCUT2D eigenvalue weighted by Crippen LogP contribution is -2.35. The minimum atomic E-state index is -0.448. The molecule has 0 N–H and O–H groups in total. The number of carbonyl (C=O) groups is 1. The van der Waals surface area contributed by atoms with Crippen LogP contribution in [0, 0.1) is 0 Å². The van der Waals surface area contributed by atoms with Crippen LogP contribution in [-0.2, 0) is 6.42 Å². The standard InChI is InChI=1S/C30H27N3O2/c1-4-21-11-7-10-16-27(21)33-28(31-26-15-9-8-14-25(26)30(33)35)20(2)32(3)29(34)24-18-17-22-12-5-6-13-23(22)19-24/h5-20H,4H2,1-3H3. The van der Waals surface area contributed by atoms with Crippen LogP contribution in [0.2, 0.25) is 0 Å². The maximum atomic E-state index is 13.8. The molecule has 5 nitrogen and oxygen atoms in total. The van der Waals surface area contributed by atoms with Gasteiger partial charge in [0.2, 0.25) is 0 Å². The van der Waals surface area contributed by atoms with E-state index in [9.17, 15) is 9.59 Å². The van der Waals surface area contributed by atoms with Crippen molar-refractivity contribution in [2.75, 3.05) is 7.05 Å². The molecule has 1 amide bonds. The second kappa shape index (κ2) is 9.18. The molecule has 0 spiro atoms. The number of nitrogens with zero attached hydrogens (tertiary/aromatic N) is 3. The first-order valence-corrected chi connectivity index (χ1v) is 11.9. The minimum absolute atomic E-state index is 0.124. The number of aryl methyl sites for hydroxylation is 1. The topological polar surface area (TPSA) is 55.2 Å². The predicted octanol–water partition coefficient (Wildman–Crippen LogP) is 5.93. The van der Waals surface area contributed by atoms with Gasteiger partial charge in [-0.15, -0.1) is 0 Å². The zero-order valence-corrected chi connectivity index (χ0v) is 20.1. The molecule has 1 atom stereocenters. The van der Waals surface area contributed by atoms with Gasteiger partial charge >= 0.3 is 0 Å². The number of carbonyl (C=O) groups excluding carboxylic acids is 1. The Balaban J connectivity index is 1.64. The summed E-state index contributed by atoms with van der Waals surface area (Å²) in [6, 6.07) is 28.5. The summed E-state index contributed by atoms with van der Waals surface area (Å²) in [5.74, 6) is 0.409. The highest BCUT2D eigenvalue weighted by atomic mass is 16.2. The molecule has 5 rings (SSSR count). The lowest BCUT2D eigenvalue weighted by molar-refractivity contribution is 0.0735. The second-order valence-electron chi connectivity index (χ2n) is 8.76. The first kappa shape index (κ1) is 22.5. The molecule has 0 aliphatic carbocycles. The Hall–Kier alpha value is -4.25. The van der Waals surface area contributed by atoms with Gasteiger partial charge in [0.05, 0.1) is 22.6 Å². The van der Waals surface area contributed by atoms with E-state index in [0.29, 0.717) is 22.3 Å². The number of aromatic nitrogens is 2. The van der Waals surface area contributed by atoms with E-state index in [1.165, 1.54) is 0 Å². The molecule has 1 unspecified atom stereocenters. The van der Waals surface area contributed by atoms with E-state index in [0.717, 1.165) is 28.4 Å². The molecule has 5 heteroatoms. The lowest BCUT2D eigenvalue weighted by Gasteiger charge is -2.27. The zero-order chi connectivity index (χ0) is 24.5. The molecular weight excluding hydrogens is 434 g/mol. The van der Waals surface area contributed by atoms with Gasteiger partial charge in [-0.2, -0.15) is 0 Å². The van der Waals surface area contributed by atoms with Gasteiger partial charge in [-0.1, -0.05) is 67.6 Å². The van der Waals surface area contributed by atoms with Gasteiger partial charge in [0.25, 0.3) is 11.5 Å². The van der Waals surface area contributed by atoms with Crippen molar-refractivity contribution in [3.8, 4) is 5.69 Å². The van der Waals surface area contributed by atoms with Crippen LogP contribution >= 0.6 is 0 Å². The number of amides is 1. The van der Waals surface area contributed by atoms with E-state index in [-0.39, 0.29) is 11.5 Å². The van der Waals surface area contributed by atoms with Crippen LogP contribution in [0.4, 0.5) is 0 Å². The lowest BCUT2D eigenvalue weighted by atomic mass is 10.1. The van der Waals surface area contributed by atoms with E-state index in [1.54, 1.807) is 22.6 Å². The van der Waals surface area contributed by atoms with E-state index in [1.807, 2.05) is 91.9 Å². The van der Waals surface area contributed by atoms with Crippen LogP contribution in [0.25, 0.3) is 27.4 Å². The maximum absolute atomic E-state index is 13.8. The van der Waals surface area contributed by atoms with Crippen LogP contribution in [0.1, 0.15) is 41.6 Å². The number of fused-ring (bicyclic) bond motifs is 2. The summed E-state index contributed by atoms with van der Waals surface area (Å²) in [5.41, 5.74) is 2.93. The summed E-state index contributed by atoms with van der Waals surface area (Å²) in [5, 5.41) is 2.65. The van der Waals surface area contributed by atoms with Crippen LogP contribution in [-0.4, -0.2) is 27.4 Å². The summed E-state index contributed by atoms with van der Waals surface area (Å²) in [6.07, 6.45) is 0.773. The fraction of sp³-hybridized carbons (Fsp3) is 0.167. The molecule has 0 saturated carbocycles. The van der Waals surface area contributed by atoms with Crippen molar-refractivity contribution in [2.24, 2.45) is 0 Å². The third kappa shape index (κ3) is 3.99. The minimum Gasteiger partial charge on any atom is -0.332 e. The molecule has 0 saturated heterocycles. The van der Waals surface area contributed by atoms with Crippen molar-refractivity contribution in [3.05, 3.63) is 118 Å². The van der Waals surface area contributed by atoms with Crippen molar-refractivity contribution in [1.82, 2.24) is 14.5 Å². The predicted molar refractivity (Wildman–Crippen MR) is 141 cm³/mol. The maximum Gasteiger partial charge on any atom is 0.266 e. The smallest absolute Gasteiger partial charge is 0.266 e. The Bertz CT molecular complexity index is 1620. The molecule has 0 fully saturated rings. The van der Waals surface area contributed by atoms with Crippen LogP contribution in [0.5, 0.6) is 0 Å². The molecule has 0 radical (unpaired) electrons. The molecule has 35 heavy (non-hydrogen) atoms. The summed E-state index contributed by atoms with van der Waals surface area (Å²) < 4.78 is 1.68. The Morgan fingerprint density at radius 3 is 2.40 bits per heavy atom. The SMILES string of the molecule is CCc1ccccc1-n1c(C(C)N(C)C(=O)c2ccc3ccccc3c2)nc2ccccc2c1=O. The van der Waals surface area contributed by atoms with E-state index >= 15 is 0 Å². The highest BCUT2D eigenvalue weighted by Crippen LogP contribution is 2.26. The van der Waals surface area contributed by atoms with Gasteiger partial charge in [0, 0.05) is 12.6 Å². The Labute approximate surface area is 204 Å². The molecule has 0 aliphatic heterocycles. The monoisotopic (exact) mass is 461 g/mol. The summed E-state index contributed by atoms with van der Waals surface area (Å²) in [4.78, 5) is 33.8. The molecule has 5 aromatic rings. The molecular formula is C30H27N3O2. The van der Waals surface area contributed by atoms with Gasteiger partial charge in [0.15, 0.2) is 0 Å². The Kier molecular flexibility index (Phi) is 5.91. The van der Waals surface area contributed by atoms with E-state index in [4.69, 9.17) is 4.98 Å². The fourth-order valence-corrected chi connectivity index (χ4v) is 4.57. The molecule has 0 bridgehead atoms. The Morgan fingerprint density at radius 2 is 1.60 bits per heavy atom. The molecule has 0 aliphatic rings.